The Kier molecular flexibility index (Phi) is 8.45. The molecule has 4 rings (SSSR count). The number of rotatable bonds is 6. The van der Waals surface area contributed by atoms with Gasteiger partial charge in [0.15, 0.2) is 11.7 Å². The number of ether oxygens (including phenoxy) is 1. The van der Waals surface area contributed by atoms with Crippen LogP contribution in [0.25, 0.3) is 0 Å². The fourth-order valence-corrected chi connectivity index (χ4v) is 5.26. The molecule has 0 unspecified atom stereocenters. The maximum Gasteiger partial charge on any atom is 0.264 e. The molecule has 2 heterocycles. The number of carbonyl (C=O) groups is 2. The van der Waals surface area contributed by atoms with E-state index in [1.165, 1.54) is 11.3 Å². The third-order valence-corrected chi connectivity index (χ3v) is 7.03. The Morgan fingerprint density at radius 2 is 1.78 bits per heavy atom. The third kappa shape index (κ3) is 6.75. The van der Waals surface area contributed by atoms with Crippen molar-refractivity contribution in [2.24, 2.45) is 0 Å². The first-order valence-corrected chi connectivity index (χ1v) is 13.1. The van der Waals surface area contributed by atoms with Crippen molar-refractivity contribution in [3.8, 4) is 5.75 Å². The lowest BCUT2D eigenvalue weighted by molar-refractivity contribution is -0.121. The number of nitrogens with one attached hydrogen (secondary N) is 2. The van der Waals surface area contributed by atoms with Crippen LogP contribution < -0.4 is 20.3 Å². The van der Waals surface area contributed by atoms with Crippen LogP contribution in [-0.2, 0) is 4.79 Å². The van der Waals surface area contributed by atoms with Crippen LogP contribution >= 0.6 is 35.2 Å². The van der Waals surface area contributed by atoms with Crippen molar-refractivity contribution in [1.82, 2.24) is 10.2 Å². The van der Waals surface area contributed by atoms with E-state index in [0.29, 0.717) is 42.6 Å². The average Bonchev–Trinajstić information content (AvgIpc) is 3.37. The predicted molar refractivity (Wildman–Crippen MR) is 150 cm³/mol. The Hall–Kier alpha value is -3.14. The molecule has 2 aromatic carbocycles. The SMILES string of the molecule is Cc1cc(C)cc(OCC(=O)NC(=S)Nc2ccc(N3CCN(C(=O)c4cccs4)CC3)c(Cl)c2)c1. The fourth-order valence-electron chi connectivity index (χ4n) is 4.04. The number of nitrogens with zero attached hydrogens (tertiary/aromatic N) is 2. The number of benzene rings is 2. The topological polar surface area (TPSA) is 73.9 Å². The molecule has 0 bridgehead atoms. The van der Waals surface area contributed by atoms with Crippen molar-refractivity contribution in [2.45, 2.75) is 13.8 Å². The molecule has 2 N–H and O–H groups in total. The van der Waals surface area contributed by atoms with Gasteiger partial charge in [-0.05, 0) is 79.0 Å². The second kappa shape index (κ2) is 11.7. The molecule has 7 nitrogen and oxygen atoms in total. The highest BCUT2D eigenvalue weighted by atomic mass is 35.5. The number of hydrogen-bond acceptors (Lipinski definition) is 6. The quantitative estimate of drug-likeness (QED) is 0.433. The highest BCUT2D eigenvalue weighted by molar-refractivity contribution is 7.80. The summed E-state index contributed by atoms with van der Waals surface area (Å²) in [4.78, 5) is 29.6. The minimum absolute atomic E-state index is 0.0743. The Balaban J connectivity index is 1.26. The van der Waals surface area contributed by atoms with Crippen molar-refractivity contribution in [3.05, 3.63) is 74.9 Å². The largest absolute Gasteiger partial charge is 0.484 e. The van der Waals surface area contributed by atoms with Gasteiger partial charge in [0.2, 0.25) is 0 Å². The number of hydrogen-bond donors (Lipinski definition) is 2. The zero-order valence-electron chi connectivity index (χ0n) is 20.0. The number of anilines is 2. The van der Waals surface area contributed by atoms with Crippen molar-refractivity contribution >= 4 is 63.5 Å². The minimum atomic E-state index is -0.357. The Morgan fingerprint density at radius 1 is 1.06 bits per heavy atom. The number of carbonyl (C=O) groups excluding carboxylic acids is 2. The predicted octanol–water partition coefficient (Wildman–Crippen LogP) is 4.87. The summed E-state index contributed by atoms with van der Waals surface area (Å²) in [6.45, 7) is 6.45. The van der Waals surface area contributed by atoms with Gasteiger partial charge in [-0.25, -0.2) is 0 Å². The van der Waals surface area contributed by atoms with Crippen LogP contribution in [0.4, 0.5) is 11.4 Å². The Bertz CT molecular complexity index is 1240. The van der Waals surface area contributed by atoms with Crippen molar-refractivity contribution in [2.75, 3.05) is 43.0 Å². The van der Waals surface area contributed by atoms with Gasteiger partial charge < -0.3 is 19.9 Å². The molecule has 1 saturated heterocycles. The molecule has 0 aliphatic carbocycles. The molecule has 10 heteroatoms. The first kappa shape index (κ1) is 25.9. The normalized spacial score (nSPS) is 13.3. The lowest BCUT2D eigenvalue weighted by Gasteiger charge is -2.36. The third-order valence-electron chi connectivity index (χ3n) is 5.66. The van der Waals surface area contributed by atoms with E-state index in [0.717, 1.165) is 21.7 Å². The van der Waals surface area contributed by atoms with Gasteiger partial charge in [0.25, 0.3) is 11.8 Å². The molecule has 3 aromatic rings. The number of piperazine rings is 1. The van der Waals surface area contributed by atoms with Crippen LogP contribution in [-0.4, -0.2) is 54.6 Å². The molecule has 0 atom stereocenters. The van der Waals surface area contributed by atoms with Crippen molar-refractivity contribution in [1.29, 1.82) is 0 Å². The summed E-state index contributed by atoms with van der Waals surface area (Å²) >= 11 is 13.3. The molecule has 1 fully saturated rings. The van der Waals surface area contributed by atoms with E-state index in [1.807, 2.05) is 66.6 Å². The number of thiophene rings is 1. The standard InChI is InChI=1S/C26H27ClN4O3S2/c1-17-12-18(2)14-20(13-17)34-16-24(32)29-26(35)28-19-5-6-22(21(27)15-19)30-7-9-31(10-8-30)25(33)23-4-3-11-36-23/h3-6,11-15H,7-10,16H2,1-2H3,(H2,28,29,32,35). The highest BCUT2D eigenvalue weighted by Crippen LogP contribution is 2.30. The summed E-state index contributed by atoms with van der Waals surface area (Å²) in [5.41, 5.74) is 3.69. The number of amides is 2. The summed E-state index contributed by atoms with van der Waals surface area (Å²) in [7, 11) is 0. The minimum Gasteiger partial charge on any atom is -0.484 e. The Morgan fingerprint density at radius 3 is 2.42 bits per heavy atom. The summed E-state index contributed by atoms with van der Waals surface area (Å²) in [6, 6.07) is 15.1. The van der Waals surface area contributed by atoms with Gasteiger partial charge in [-0.1, -0.05) is 23.7 Å². The molecule has 2 amide bonds. The first-order chi connectivity index (χ1) is 17.3. The molecule has 0 saturated carbocycles. The van der Waals surface area contributed by atoms with E-state index in [2.05, 4.69) is 15.5 Å². The van der Waals surface area contributed by atoms with Gasteiger partial charge in [-0.2, -0.15) is 0 Å². The molecule has 1 aliphatic heterocycles. The van der Waals surface area contributed by atoms with Crippen LogP contribution in [0.15, 0.2) is 53.9 Å². The summed E-state index contributed by atoms with van der Waals surface area (Å²) < 4.78 is 5.58. The summed E-state index contributed by atoms with van der Waals surface area (Å²) in [5.74, 6) is 0.357. The van der Waals surface area contributed by atoms with Gasteiger partial charge in [0.05, 0.1) is 15.6 Å². The van der Waals surface area contributed by atoms with Gasteiger partial charge in [-0.15, -0.1) is 11.3 Å². The first-order valence-electron chi connectivity index (χ1n) is 11.5. The molecular weight excluding hydrogens is 516 g/mol. The van der Waals surface area contributed by atoms with Gasteiger partial charge in [0, 0.05) is 31.9 Å². The van der Waals surface area contributed by atoms with Crippen molar-refractivity contribution in [3.63, 3.8) is 0 Å². The van der Waals surface area contributed by atoms with Gasteiger partial charge in [-0.3, -0.25) is 14.9 Å². The van der Waals surface area contributed by atoms with E-state index in [1.54, 1.807) is 6.07 Å². The molecule has 1 aliphatic rings. The second-order valence-electron chi connectivity index (χ2n) is 8.54. The molecule has 188 valence electrons. The van der Waals surface area contributed by atoms with Crippen LogP contribution in [0.5, 0.6) is 5.75 Å². The Labute approximate surface area is 225 Å². The van der Waals surface area contributed by atoms with Gasteiger partial charge >= 0.3 is 0 Å². The number of halogens is 1. The van der Waals surface area contributed by atoms with E-state index < -0.39 is 0 Å². The van der Waals surface area contributed by atoms with Crippen molar-refractivity contribution < 1.29 is 14.3 Å². The molecule has 36 heavy (non-hydrogen) atoms. The zero-order valence-corrected chi connectivity index (χ0v) is 22.4. The van der Waals surface area contributed by atoms with E-state index >= 15 is 0 Å². The van der Waals surface area contributed by atoms with E-state index in [4.69, 9.17) is 28.6 Å². The number of thiocarbonyl (C=S) groups is 1. The monoisotopic (exact) mass is 542 g/mol. The van der Waals surface area contributed by atoms with Gasteiger partial charge in [0.1, 0.15) is 5.75 Å². The highest BCUT2D eigenvalue weighted by Gasteiger charge is 2.24. The fraction of sp³-hybridized carbons (Fsp3) is 0.269. The lowest BCUT2D eigenvalue weighted by atomic mass is 10.1. The molecular formula is C26H27ClN4O3S2. The average molecular weight is 543 g/mol. The van der Waals surface area contributed by atoms with E-state index in [9.17, 15) is 9.59 Å². The van der Waals surface area contributed by atoms with Crippen LogP contribution in [0.2, 0.25) is 5.02 Å². The molecule has 0 radical (unpaired) electrons. The summed E-state index contributed by atoms with van der Waals surface area (Å²) in [6.07, 6.45) is 0. The summed E-state index contributed by atoms with van der Waals surface area (Å²) in [5, 5.41) is 8.24. The van der Waals surface area contributed by atoms with E-state index in [-0.39, 0.29) is 23.5 Å². The van der Waals surface area contributed by atoms with Crippen LogP contribution in [0, 0.1) is 13.8 Å². The van der Waals surface area contributed by atoms with Crippen LogP contribution in [0.1, 0.15) is 20.8 Å². The molecule has 1 aromatic heterocycles. The van der Waals surface area contributed by atoms with Crippen LogP contribution in [0.3, 0.4) is 0 Å². The zero-order chi connectivity index (χ0) is 25.7. The second-order valence-corrected chi connectivity index (χ2v) is 10.3. The molecule has 0 spiro atoms. The maximum absolute atomic E-state index is 12.6. The smallest absolute Gasteiger partial charge is 0.264 e. The maximum atomic E-state index is 12.6. The number of aryl methyl sites for hydroxylation is 2. The lowest BCUT2D eigenvalue weighted by Crippen LogP contribution is -2.48.